The number of aromatic nitrogens is 1. The minimum Gasteiger partial charge on any atom is -0.383 e. The maximum atomic E-state index is 5.75. The highest BCUT2D eigenvalue weighted by Gasteiger charge is 2.13. The Kier molecular flexibility index (Phi) is 4.17. The molecule has 1 fully saturated rings. The summed E-state index contributed by atoms with van der Waals surface area (Å²) in [6.07, 6.45) is 8.48. The molecule has 2 N–H and O–H groups in total. The Morgan fingerprint density at radius 1 is 1.31 bits per heavy atom. The fourth-order valence-electron chi connectivity index (χ4n) is 2.26. The molecule has 2 rings (SSSR count). The van der Waals surface area contributed by atoms with Gasteiger partial charge in [-0.1, -0.05) is 25.3 Å². The van der Waals surface area contributed by atoms with Gasteiger partial charge < -0.3 is 10.5 Å². The Morgan fingerprint density at radius 3 is 2.88 bits per heavy atom. The van der Waals surface area contributed by atoms with E-state index in [1.807, 2.05) is 12.1 Å². The standard InChI is InChI=1S/C13H20N2O/c14-13-12(7-4-8-15-13)10-16-9-11-5-2-1-3-6-11/h4,7-8,11H,1-3,5-6,9-10H2,(H2,14,15). The van der Waals surface area contributed by atoms with Gasteiger partial charge in [-0.05, 0) is 24.8 Å². The molecule has 1 aliphatic rings. The van der Waals surface area contributed by atoms with Crippen molar-refractivity contribution in [2.45, 2.75) is 38.7 Å². The highest BCUT2D eigenvalue weighted by Crippen LogP contribution is 2.24. The van der Waals surface area contributed by atoms with Crippen LogP contribution in [-0.2, 0) is 11.3 Å². The normalized spacial score (nSPS) is 17.5. The van der Waals surface area contributed by atoms with E-state index in [0.29, 0.717) is 12.4 Å². The topological polar surface area (TPSA) is 48.1 Å². The van der Waals surface area contributed by atoms with Gasteiger partial charge in [-0.25, -0.2) is 4.98 Å². The third-order valence-electron chi connectivity index (χ3n) is 3.26. The molecule has 0 atom stereocenters. The van der Waals surface area contributed by atoms with Crippen molar-refractivity contribution in [3.05, 3.63) is 23.9 Å². The number of nitrogen functional groups attached to an aromatic ring is 1. The summed E-state index contributed by atoms with van der Waals surface area (Å²) in [5.41, 5.74) is 6.75. The number of pyridine rings is 1. The van der Waals surface area contributed by atoms with Crippen LogP contribution in [0.5, 0.6) is 0 Å². The molecule has 0 aliphatic heterocycles. The molecule has 0 bridgehead atoms. The van der Waals surface area contributed by atoms with E-state index in [4.69, 9.17) is 10.5 Å². The predicted octanol–water partition coefficient (Wildman–Crippen LogP) is 2.76. The van der Waals surface area contributed by atoms with Gasteiger partial charge in [0.2, 0.25) is 0 Å². The molecule has 1 saturated carbocycles. The molecule has 0 unspecified atom stereocenters. The van der Waals surface area contributed by atoms with Crippen LogP contribution in [0.4, 0.5) is 5.82 Å². The SMILES string of the molecule is Nc1ncccc1COCC1CCCCC1. The predicted molar refractivity (Wildman–Crippen MR) is 64.9 cm³/mol. The Hall–Kier alpha value is -1.09. The van der Waals surface area contributed by atoms with Crippen LogP contribution in [0.25, 0.3) is 0 Å². The highest BCUT2D eigenvalue weighted by atomic mass is 16.5. The number of hydrogen-bond acceptors (Lipinski definition) is 3. The molecule has 16 heavy (non-hydrogen) atoms. The summed E-state index contributed by atoms with van der Waals surface area (Å²) in [6.45, 7) is 1.46. The lowest BCUT2D eigenvalue weighted by atomic mass is 9.90. The second-order valence-electron chi connectivity index (χ2n) is 4.57. The smallest absolute Gasteiger partial charge is 0.128 e. The van der Waals surface area contributed by atoms with Gasteiger partial charge in [-0.2, -0.15) is 0 Å². The van der Waals surface area contributed by atoms with Gasteiger partial charge in [0.15, 0.2) is 0 Å². The van der Waals surface area contributed by atoms with Gasteiger partial charge in [-0.15, -0.1) is 0 Å². The van der Waals surface area contributed by atoms with Gasteiger partial charge >= 0.3 is 0 Å². The van der Waals surface area contributed by atoms with E-state index in [0.717, 1.165) is 18.1 Å². The lowest BCUT2D eigenvalue weighted by Crippen LogP contribution is -2.13. The number of hydrogen-bond donors (Lipinski definition) is 1. The fourth-order valence-corrected chi connectivity index (χ4v) is 2.26. The summed E-state index contributed by atoms with van der Waals surface area (Å²) in [6, 6.07) is 3.87. The molecule has 1 aliphatic carbocycles. The molecule has 0 amide bonds. The molecular formula is C13H20N2O. The average molecular weight is 220 g/mol. The summed E-state index contributed by atoms with van der Waals surface area (Å²) in [4.78, 5) is 4.04. The van der Waals surface area contributed by atoms with Gasteiger partial charge in [0.25, 0.3) is 0 Å². The molecule has 3 heteroatoms. The first-order chi connectivity index (χ1) is 7.86. The second-order valence-corrected chi connectivity index (χ2v) is 4.57. The van der Waals surface area contributed by atoms with E-state index < -0.39 is 0 Å². The molecule has 88 valence electrons. The molecule has 1 aromatic rings. The third-order valence-corrected chi connectivity index (χ3v) is 3.26. The van der Waals surface area contributed by atoms with Crippen LogP contribution >= 0.6 is 0 Å². The van der Waals surface area contributed by atoms with Crippen molar-refractivity contribution in [1.29, 1.82) is 0 Å². The summed E-state index contributed by atoms with van der Waals surface area (Å²) in [5.74, 6) is 1.35. The number of ether oxygens (including phenoxy) is 1. The van der Waals surface area contributed by atoms with Crippen LogP contribution in [0.2, 0.25) is 0 Å². The minimum atomic E-state index is 0.589. The third kappa shape index (κ3) is 3.20. The number of anilines is 1. The lowest BCUT2D eigenvalue weighted by molar-refractivity contribution is 0.0741. The van der Waals surface area contributed by atoms with Crippen LogP contribution in [0.1, 0.15) is 37.7 Å². The van der Waals surface area contributed by atoms with Crippen LogP contribution in [0.3, 0.4) is 0 Å². The summed E-state index contributed by atoms with van der Waals surface area (Å²) < 4.78 is 5.72. The van der Waals surface area contributed by atoms with E-state index >= 15 is 0 Å². The second kappa shape index (κ2) is 5.85. The zero-order valence-electron chi connectivity index (χ0n) is 9.69. The van der Waals surface area contributed by atoms with E-state index in [2.05, 4.69) is 4.98 Å². The maximum Gasteiger partial charge on any atom is 0.128 e. The van der Waals surface area contributed by atoms with Crippen LogP contribution in [0, 0.1) is 5.92 Å². The average Bonchev–Trinajstić information content (AvgIpc) is 2.33. The zero-order valence-corrected chi connectivity index (χ0v) is 9.69. The number of rotatable bonds is 4. The van der Waals surface area contributed by atoms with Crippen molar-refractivity contribution in [2.24, 2.45) is 5.92 Å². The first-order valence-electron chi connectivity index (χ1n) is 6.13. The van der Waals surface area contributed by atoms with Gasteiger partial charge in [-0.3, -0.25) is 0 Å². The van der Waals surface area contributed by atoms with Crippen LogP contribution in [-0.4, -0.2) is 11.6 Å². The number of nitrogens with two attached hydrogens (primary N) is 1. The quantitative estimate of drug-likeness (QED) is 0.848. The maximum absolute atomic E-state index is 5.75. The first-order valence-corrected chi connectivity index (χ1v) is 6.13. The van der Waals surface area contributed by atoms with Gasteiger partial charge in [0.05, 0.1) is 6.61 Å². The molecule has 0 spiro atoms. The number of nitrogens with zero attached hydrogens (tertiary/aromatic N) is 1. The van der Waals surface area contributed by atoms with E-state index in [9.17, 15) is 0 Å². The van der Waals surface area contributed by atoms with Crippen molar-refractivity contribution in [3.63, 3.8) is 0 Å². The molecular weight excluding hydrogens is 200 g/mol. The molecule has 0 aromatic carbocycles. The largest absolute Gasteiger partial charge is 0.383 e. The van der Waals surface area contributed by atoms with Crippen molar-refractivity contribution < 1.29 is 4.74 Å². The Bertz CT molecular complexity index is 321. The molecule has 3 nitrogen and oxygen atoms in total. The van der Waals surface area contributed by atoms with Crippen LogP contribution in [0.15, 0.2) is 18.3 Å². The Balaban J connectivity index is 1.73. The van der Waals surface area contributed by atoms with E-state index in [-0.39, 0.29) is 0 Å². The van der Waals surface area contributed by atoms with Gasteiger partial charge in [0.1, 0.15) is 5.82 Å². The highest BCUT2D eigenvalue weighted by molar-refractivity contribution is 5.37. The Labute approximate surface area is 97.0 Å². The Morgan fingerprint density at radius 2 is 2.12 bits per heavy atom. The lowest BCUT2D eigenvalue weighted by Gasteiger charge is -2.21. The van der Waals surface area contributed by atoms with Crippen molar-refractivity contribution >= 4 is 5.82 Å². The van der Waals surface area contributed by atoms with Gasteiger partial charge in [0, 0.05) is 18.4 Å². The van der Waals surface area contributed by atoms with E-state index in [1.54, 1.807) is 6.20 Å². The molecule has 1 aromatic heterocycles. The van der Waals surface area contributed by atoms with Crippen molar-refractivity contribution in [1.82, 2.24) is 4.98 Å². The summed E-state index contributed by atoms with van der Waals surface area (Å²) >= 11 is 0. The zero-order chi connectivity index (χ0) is 11.2. The molecule has 1 heterocycles. The summed E-state index contributed by atoms with van der Waals surface area (Å²) in [7, 11) is 0. The monoisotopic (exact) mass is 220 g/mol. The van der Waals surface area contributed by atoms with Crippen molar-refractivity contribution in [3.8, 4) is 0 Å². The first kappa shape index (κ1) is 11.4. The minimum absolute atomic E-state index is 0.589. The van der Waals surface area contributed by atoms with Crippen LogP contribution < -0.4 is 5.73 Å². The molecule has 0 radical (unpaired) electrons. The molecule has 0 saturated heterocycles. The summed E-state index contributed by atoms with van der Waals surface area (Å²) in [5, 5.41) is 0. The van der Waals surface area contributed by atoms with E-state index in [1.165, 1.54) is 32.1 Å². The fraction of sp³-hybridized carbons (Fsp3) is 0.615. The van der Waals surface area contributed by atoms with Crippen molar-refractivity contribution in [2.75, 3.05) is 12.3 Å².